The highest BCUT2D eigenvalue weighted by Gasteiger charge is 2.26. The number of carbonyl (C=O) groups is 1. The average molecular weight is 304 g/mol. The van der Waals surface area contributed by atoms with E-state index < -0.39 is 5.60 Å². The minimum absolute atomic E-state index is 0.120. The number of esters is 1. The lowest BCUT2D eigenvalue weighted by Crippen LogP contribution is -2.30. The number of allylic oxidation sites excluding steroid dienone is 5. The van der Waals surface area contributed by atoms with Gasteiger partial charge in [0.15, 0.2) is 0 Å². The quantitative estimate of drug-likeness (QED) is 0.509. The van der Waals surface area contributed by atoms with Crippen LogP contribution in [0.3, 0.4) is 0 Å². The Labute approximate surface area is 136 Å². The Bertz CT molecular complexity index is 488. The lowest BCUT2D eigenvalue weighted by molar-refractivity contribution is -0.160. The minimum atomic E-state index is -0.427. The monoisotopic (exact) mass is 304 g/mol. The van der Waals surface area contributed by atoms with Gasteiger partial charge in [-0.2, -0.15) is 0 Å². The standard InChI is InChI=1S/C20H32O2/c1-13(2)17-10-9-14(3)18(12-17)11-15(4)16(5)19(21)22-20(6,7)8/h9,11,15-17H,1,10,12H2,2-8H3/b18-11-/t15-,16+,17-/m1/s1. The number of carbonyl (C=O) groups excluding carboxylic acids is 1. The Kier molecular flexibility index (Phi) is 6.22. The molecule has 0 fully saturated rings. The van der Waals surface area contributed by atoms with Gasteiger partial charge >= 0.3 is 5.97 Å². The molecular weight excluding hydrogens is 272 g/mol. The van der Waals surface area contributed by atoms with Crippen LogP contribution in [0.4, 0.5) is 0 Å². The molecule has 0 aliphatic heterocycles. The van der Waals surface area contributed by atoms with E-state index in [0.717, 1.165) is 12.8 Å². The van der Waals surface area contributed by atoms with E-state index in [0.29, 0.717) is 5.92 Å². The molecule has 0 bridgehead atoms. The molecule has 0 aromatic carbocycles. The van der Waals surface area contributed by atoms with Gasteiger partial charge in [0, 0.05) is 0 Å². The molecule has 0 amide bonds. The Morgan fingerprint density at radius 2 is 2.00 bits per heavy atom. The maximum Gasteiger partial charge on any atom is 0.309 e. The third-order valence-electron chi connectivity index (χ3n) is 4.41. The van der Waals surface area contributed by atoms with Gasteiger partial charge in [0.1, 0.15) is 5.60 Å². The van der Waals surface area contributed by atoms with E-state index >= 15 is 0 Å². The fourth-order valence-electron chi connectivity index (χ4n) is 2.61. The van der Waals surface area contributed by atoms with Crippen LogP contribution in [-0.2, 0) is 9.53 Å². The number of hydrogen-bond acceptors (Lipinski definition) is 2. The molecule has 124 valence electrons. The molecule has 1 aliphatic rings. The topological polar surface area (TPSA) is 26.3 Å². The lowest BCUT2D eigenvalue weighted by Gasteiger charge is -2.27. The van der Waals surface area contributed by atoms with Gasteiger partial charge in [-0.15, -0.1) is 0 Å². The molecule has 0 saturated carbocycles. The van der Waals surface area contributed by atoms with Crippen LogP contribution in [0.5, 0.6) is 0 Å². The smallest absolute Gasteiger partial charge is 0.309 e. The highest BCUT2D eigenvalue weighted by molar-refractivity contribution is 5.73. The molecule has 0 N–H and O–H groups in total. The number of rotatable bonds is 4. The summed E-state index contributed by atoms with van der Waals surface area (Å²) in [5, 5.41) is 0. The molecular formula is C20H32O2. The molecule has 0 heterocycles. The molecule has 2 heteroatoms. The molecule has 0 aromatic heterocycles. The zero-order valence-electron chi connectivity index (χ0n) is 15.3. The lowest BCUT2D eigenvalue weighted by atomic mass is 9.80. The van der Waals surface area contributed by atoms with E-state index in [9.17, 15) is 4.79 Å². The van der Waals surface area contributed by atoms with Crippen molar-refractivity contribution in [3.05, 3.63) is 35.5 Å². The third-order valence-corrected chi connectivity index (χ3v) is 4.41. The summed E-state index contributed by atoms with van der Waals surface area (Å²) < 4.78 is 5.50. The minimum Gasteiger partial charge on any atom is -0.460 e. The molecule has 2 nitrogen and oxygen atoms in total. The summed E-state index contributed by atoms with van der Waals surface area (Å²) >= 11 is 0. The van der Waals surface area contributed by atoms with Crippen molar-refractivity contribution >= 4 is 5.97 Å². The first kappa shape index (κ1) is 18.7. The Hall–Kier alpha value is -1.31. The van der Waals surface area contributed by atoms with Crippen LogP contribution >= 0.6 is 0 Å². The average Bonchev–Trinajstić information content (AvgIpc) is 2.37. The number of ether oxygens (including phenoxy) is 1. The van der Waals surface area contributed by atoms with Gasteiger partial charge in [0.25, 0.3) is 0 Å². The van der Waals surface area contributed by atoms with Crippen molar-refractivity contribution in [3.63, 3.8) is 0 Å². The largest absolute Gasteiger partial charge is 0.460 e. The van der Waals surface area contributed by atoms with Gasteiger partial charge in [-0.05, 0) is 64.9 Å². The van der Waals surface area contributed by atoms with Crippen LogP contribution in [0.15, 0.2) is 35.5 Å². The first-order chi connectivity index (χ1) is 10.0. The summed E-state index contributed by atoms with van der Waals surface area (Å²) in [6.07, 6.45) is 6.65. The van der Waals surface area contributed by atoms with Crippen LogP contribution in [-0.4, -0.2) is 11.6 Å². The van der Waals surface area contributed by atoms with Crippen LogP contribution in [0, 0.1) is 17.8 Å². The van der Waals surface area contributed by atoms with E-state index in [1.807, 2.05) is 27.7 Å². The van der Waals surface area contributed by atoms with Gasteiger partial charge in [0.05, 0.1) is 5.92 Å². The van der Waals surface area contributed by atoms with E-state index in [2.05, 4.69) is 39.5 Å². The van der Waals surface area contributed by atoms with Crippen LogP contribution < -0.4 is 0 Å². The van der Waals surface area contributed by atoms with E-state index in [1.165, 1.54) is 16.7 Å². The van der Waals surface area contributed by atoms with E-state index in [4.69, 9.17) is 4.74 Å². The molecule has 0 aromatic rings. The fourth-order valence-corrected chi connectivity index (χ4v) is 2.61. The molecule has 0 saturated heterocycles. The summed E-state index contributed by atoms with van der Waals surface area (Å²) in [7, 11) is 0. The van der Waals surface area contributed by atoms with Gasteiger partial charge in [-0.1, -0.05) is 43.7 Å². The van der Waals surface area contributed by atoms with E-state index in [-0.39, 0.29) is 17.8 Å². The Morgan fingerprint density at radius 3 is 2.50 bits per heavy atom. The van der Waals surface area contributed by atoms with Crippen molar-refractivity contribution in [2.24, 2.45) is 17.8 Å². The number of hydrogen-bond donors (Lipinski definition) is 0. The van der Waals surface area contributed by atoms with Crippen LogP contribution in [0.2, 0.25) is 0 Å². The third kappa shape index (κ3) is 5.47. The highest BCUT2D eigenvalue weighted by atomic mass is 16.6. The van der Waals surface area contributed by atoms with Crippen molar-refractivity contribution in [1.82, 2.24) is 0 Å². The second-order valence-electron chi connectivity index (χ2n) is 7.74. The molecule has 0 radical (unpaired) electrons. The molecule has 1 rings (SSSR count). The van der Waals surface area contributed by atoms with Crippen molar-refractivity contribution in [3.8, 4) is 0 Å². The summed E-state index contributed by atoms with van der Waals surface area (Å²) in [5.41, 5.74) is 3.49. The van der Waals surface area contributed by atoms with Gasteiger partial charge in [0.2, 0.25) is 0 Å². The maximum absolute atomic E-state index is 12.2. The second-order valence-corrected chi connectivity index (χ2v) is 7.74. The van der Waals surface area contributed by atoms with Gasteiger partial charge in [-0.25, -0.2) is 0 Å². The fraction of sp³-hybridized carbons (Fsp3) is 0.650. The first-order valence-electron chi connectivity index (χ1n) is 8.27. The molecule has 22 heavy (non-hydrogen) atoms. The first-order valence-corrected chi connectivity index (χ1v) is 8.27. The molecule has 0 unspecified atom stereocenters. The molecule has 1 aliphatic carbocycles. The van der Waals surface area contributed by atoms with Gasteiger partial charge in [-0.3, -0.25) is 4.79 Å². The van der Waals surface area contributed by atoms with Crippen molar-refractivity contribution < 1.29 is 9.53 Å². The predicted molar refractivity (Wildman–Crippen MR) is 93.6 cm³/mol. The predicted octanol–water partition coefficient (Wildman–Crippen LogP) is 5.46. The summed E-state index contributed by atoms with van der Waals surface area (Å²) in [5.74, 6) is 0.437. The van der Waals surface area contributed by atoms with Crippen LogP contribution in [0.1, 0.15) is 61.3 Å². The summed E-state index contributed by atoms with van der Waals surface area (Å²) in [6, 6.07) is 0. The van der Waals surface area contributed by atoms with Crippen LogP contribution in [0.25, 0.3) is 0 Å². The van der Waals surface area contributed by atoms with Gasteiger partial charge < -0.3 is 4.74 Å². The summed E-state index contributed by atoms with van der Waals surface area (Å²) in [6.45, 7) is 18.1. The molecule has 3 atom stereocenters. The van der Waals surface area contributed by atoms with Crippen molar-refractivity contribution in [2.75, 3.05) is 0 Å². The van der Waals surface area contributed by atoms with Crippen molar-refractivity contribution in [2.45, 2.75) is 66.9 Å². The highest BCUT2D eigenvalue weighted by Crippen LogP contribution is 2.33. The maximum atomic E-state index is 12.2. The normalized spacial score (nSPS) is 23.7. The second kappa shape index (κ2) is 7.30. The Morgan fingerprint density at radius 1 is 1.41 bits per heavy atom. The summed E-state index contributed by atoms with van der Waals surface area (Å²) in [4.78, 5) is 12.2. The Balaban J connectivity index is 2.82. The zero-order valence-corrected chi connectivity index (χ0v) is 15.3. The zero-order chi connectivity index (χ0) is 17.1. The van der Waals surface area contributed by atoms with E-state index in [1.54, 1.807) is 0 Å². The van der Waals surface area contributed by atoms with Crippen molar-refractivity contribution in [1.29, 1.82) is 0 Å². The molecule has 0 spiro atoms. The SMILES string of the molecule is C=C(C)[C@@H]1CC=C(C)/C(=C\[C@@H](C)[C@H](C)C(=O)OC(C)(C)C)C1.